The number of nitrogens with zero attached hydrogens (tertiary/aromatic N) is 1. The Hall–Kier alpha value is -1.06. The van der Waals surface area contributed by atoms with Crippen LogP contribution in [0, 0.1) is 5.92 Å². The van der Waals surface area contributed by atoms with Crippen LogP contribution in [0.25, 0.3) is 0 Å². The largest absolute Gasteiger partial charge is 0.465 e. The minimum atomic E-state index is -0.900. The number of carboxylic acid groups (broad SMARTS) is 1. The maximum Gasteiger partial charge on any atom is 0.407 e. The van der Waals surface area contributed by atoms with Crippen LogP contribution in [0.2, 0.25) is 0 Å². The van der Waals surface area contributed by atoms with E-state index < -0.39 is 6.09 Å². The van der Waals surface area contributed by atoms with Gasteiger partial charge in [0, 0.05) is 25.4 Å². The van der Waals surface area contributed by atoms with Crippen molar-refractivity contribution in [3.05, 3.63) is 0 Å². The second kappa shape index (κ2) is 4.44. The summed E-state index contributed by atoms with van der Waals surface area (Å²) in [6, 6.07) is -0.103. The molecule has 0 bridgehead atoms. The Balaban J connectivity index is 2.63. The molecule has 4 heteroatoms. The zero-order chi connectivity index (χ0) is 10.7. The normalized spacial score (nSPS) is 22.9. The van der Waals surface area contributed by atoms with Crippen LogP contribution < -0.4 is 0 Å². The summed E-state index contributed by atoms with van der Waals surface area (Å²) < 4.78 is 0. The smallest absolute Gasteiger partial charge is 0.407 e. The highest BCUT2D eigenvalue weighted by atomic mass is 16.4. The summed E-state index contributed by atoms with van der Waals surface area (Å²) in [4.78, 5) is 23.5. The van der Waals surface area contributed by atoms with Gasteiger partial charge in [0.05, 0.1) is 0 Å². The quantitative estimate of drug-likeness (QED) is 0.737. The van der Waals surface area contributed by atoms with E-state index in [1.54, 1.807) is 0 Å². The van der Waals surface area contributed by atoms with Gasteiger partial charge in [-0.1, -0.05) is 13.8 Å². The van der Waals surface area contributed by atoms with Gasteiger partial charge in [0.2, 0.25) is 0 Å². The molecule has 0 spiro atoms. The molecule has 1 fully saturated rings. The zero-order valence-electron chi connectivity index (χ0n) is 8.69. The summed E-state index contributed by atoms with van der Waals surface area (Å²) >= 11 is 0. The molecular weight excluding hydrogens is 182 g/mol. The van der Waals surface area contributed by atoms with Crippen molar-refractivity contribution >= 4 is 11.9 Å². The molecule has 0 aromatic heterocycles. The average molecular weight is 199 g/mol. The molecule has 1 unspecified atom stereocenters. The van der Waals surface area contributed by atoms with Crippen molar-refractivity contribution in [3.8, 4) is 0 Å². The summed E-state index contributed by atoms with van der Waals surface area (Å²) in [6.45, 7) is 4.45. The first kappa shape index (κ1) is 11.0. The van der Waals surface area contributed by atoms with Gasteiger partial charge >= 0.3 is 6.09 Å². The van der Waals surface area contributed by atoms with Crippen molar-refractivity contribution in [2.45, 2.75) is 39.2 Å². The topological polar surface area (TPSA) is 57.6 Å². The summed E-state index contributed by atoms with van der Waals surface area (Å²) in [5, 5.41) is 8.92. The van der Waals surface area contributed by atoms with E-state index in [0.717, 1.165) is 6.42 Å². The van der Waals surface area contributed by atoms with Gasteiger partial charge in [-0.25, -0.2) is 4.79 Å². The molecule has 80 valence electrons. The Kier molecular flexibility index (Phi) is 3.49. The average Bonchev–Trinajstić information content (AvgIpc) is 2.01. The maximum absolute atomic E-state index is 11.2. The molecule has 14 heavy (non-hydrogen) atoms. The second-order valence-electron chi connectivity index (χ2n) is 4.25. The van der Waals surface area contributed by atoms with Gasteiger partial charge in [0.25, 0.3) is 0 Å². The number of piperidine rings is 1. The van der Waals surface area contributed by atoms with Gasteiger partial charge < -0.3 is 10.0 Å². The van der Waals surface area contributed by atoms with Crippen LogP contribution in [0.5, 0.6) is 0 Å². The van der Waals surface area contributed by atoms with Crippen LogP contribution >= 0.6 is 0 Å². The Labute approximate surface area is 83.9 Å². The van der Waals surface area contributed by atoms with Gasteiger partial charge in [0.1, 0.15) is 5.78 Å². The summed E-state index contributed by atoms with van der Waals surface area (Å²) in [7, 11) is 0. The van der Waals surface area contributed by atoms with Crippen LogP contribution in [-0.4, -0.2) is 34.5 Å². The minimum absolute atomic E-state index is 0.103. The molecule has 1 N–H and O–H groups in total. The highest BCUT2D eigenvalue weighted by Crippen LogP contribution is 2.20. The van der Waals surface area contributed by atoms with E-state index in [4.69, 9.17) is 5.11 Å². The van der Waals surface area contributed by atoms with Gasteiger partial charge in [-0.3, -0.25) is 4.79 Å². The lowest BCUT2D eigenvalue weighted by atomic mass is 9.94. The number of ketones is 1. The third kappa shape index (κ3) is 2.72. The zero-order valence-corrected chi connectivity index (χ0v) is 8.69. The first-order valence-corrected chi connectivity index (χ1v) is 5.02. The standard InChI is InChI=1S/C10H17NO3/c1-7(2)5-8-6-9(12)3-4-11(8)10(13)14/h7-8H,3-6H2,1-2H3,(H,13,14). The molecular formula is C10H17NO3. The van der Waals surface area contributed by atoms with Crippen molar-refractivity contribution < 1.29 is 14.7 Å². The third-order valence-corrected chi connectivity index (χ3v) is 2.52. The fourth-order valence-corrected chi connectivity index (χ4v) is 1.91. The van der Waals surface area contributed by atoms with Crippen molar-refractivity contribution in [1.82, 2.24) is 4.90 Å². The molecule has 1 amide bonds. The molecule has 1 aliphatic heterocycles. The molecule has 0 aromatic rings. The van der Waals surface area contributed by atoms with Crippen LogP contribution in [0.1, 0.15) is 33.1 Å². The van der Waals surface area contributed by atoms with E-state index in [9.17, 15) is 9.59 Å². The van der Waals surface area contributed by atoms with E-state index in [1.807, 2.05) is 13.8 Å². The number of hydrogen-bond donors (Lipinski definition) is 1. The predicted molar refractivity (Wildman–Crippen MR) is 52.2 cm³/mol. The molecule has 0 saturated carbocycles. The number of carbonyl (C=O) groups is 2. The fraction of sp³-hybridized carbons (Fsp3) is 0.800. The van der Waals surface area contributed by atoms with Crippen LogP contribution in [0.15, 0.2) is 0 Å². The lowest BCUT2D eigenvalue weighted by Crippen LogP contribution is -2.46. The molecule has 0 aromatic carbocycles. The van der Waals surface area contributed by atoms with Crippen molar-refractivity contribution in [3.63, 3.8) is 0 Å². The Morgan fingerprint density at radius 1 is 1.64 bits per heavy atom. The van der Waals surface area contributed by atoms with E-state index in [2.05, 4.69) is 0 Å². The van der Waals surface area contributed by atoms with E-state index >= 15 is 0 Å². The Morgan fingerprint density at radius 2 is 2.29 bits per heavy atom. The second-order valence-corrected chi connectivity index (χ2v) is 4.25. The van der Waals surface area contributed by atoms with Crippen molar-refractivity contribution in [1.29, 1.82) is 0 Å². The molecule has 1 aliphatic rings. The lowest BCUT2D eigenvalue weighted by Gasteiger charge is -2.33. The summed E-state index contributed by atoms with van der Waals surface area (Å²) in [5.74, 6) is 0.612. The highest BCUT2D eigenvalue weighted by molar-refractivity contribution is 5.82. The molecule has 4 nitrogen and oxygen atoms in total. The van der Waals surface area contributed by atoms with Gasteiger partial charge in [-0.2, -0.15) is 0 Å². The number of hydrogen-bond acceptors (Lipinski definition) is 2. The Bertz CT molecular complexity index is 238. The minimum Gasteiger partial charge on any atom is -0.465 e. The first-order valence-electron chi connectivity index (χ1n) is 5.02. The van der Waals surface area contributed by atoms with E-state index in [0.29, 0.717) is 25.3 Å². The van der Waals surface area contributed by atoms with Crippen LogP contribution in [0.3, 0.4) is 0 Å². The maximum atomic E-state index is 11.2. The number of likely N-dealkylation sites (tertiary alicyclic amines) is 1. The lowest BCUT2D eigenvalue weighted by molar-refractivity contribution is -0.122. The van der Waals surface area contributed by atoms with Gasteiger partial charge in [-0.05, 0) is 12.3 Å². The third-order valence-electron chi connectivity index (χ3n) is 2.52. The SMILES string of the molecule is CC(C)CC1CC(=O)CCN1C(=O)O. The van der Waals surface area contributed by atoms with Crippen molar-refractivity contribution in [2.75, 3.05) is 6.54 Å². The Morgan fingerprint density at radius 3 is 2.79 bits per heavy atom. The first-order chi connectivity index (χ1) is 6.50. The monoisotopic (exact) mass is 199 g/mol. The molecule has 0 aliphatic carbocycles. The number of rotatable bonds is 2. The van der Waals surface area contributed by atoms with E-state index in [1.165, 1.54) is 4.90 Å². The summed E-state index contributed by atoms with van der Waals surface area (Å²) in [6.07, 6.45) is 0.645. The predicted octanol–water partition coefficient (Wildman–Crippen LogP) is 1.74. The molecule has 0 radical (unpaired) electrons. The van der Waals surface area contributed by atoms with Gasteiger partial charge in [-0.15, -0.1) is 0 Å². The van der Waals surface area contributed by atoms with E-state index in [-0.39, 0.29) is 11.8 Å². The molecule has 1 atom stereocenters. The molecule has 1 heterocycles. The number of Topliss-reactive ketones (excluding diaryl/α,β-unsaturated/α-hetero) is 1. The van der Waals surface area contributed by atoms with Crippen LogP contribution in [0.4, 0.5) is 4.79 Å². The van der Waals surface area contributed by atoms with Crippen molar-refractivity contribution in [2.24, 2.45) is 5.92 Å². The number of carbonyl (C=O) groups excluding carboxylic acids is 1. The van der Waals surface area contributed by atoms with Crippen LogP contribution in [-0.2, 0) is 4.79 Å². The molecule has 1 saturated heterocycles. The van der Waals surface area contributed by atoms with Gasteiger partial charge in [0.15, 0.2) is 0 Å². The summed E-state index contributed by atoms with van der Waals surface area (Å²) in [5.41, 5.74) is 0. The highest BCUT2D eigenvalue weighted by Gasteiger charge is 2.30. The molecule has 1 rings (SSSR count). The fourth-order valence-electron chi connectivity index (χ4n) is 1.91. The number of amides is 1.